The number of nitrogens with one attached hydrogen (secondary N) is 1. The highest BCUT2D eigenvalue weighted by molar-refractivity contribution is 7.89. The molecule has 28 heavy (non-hydrogen) atoms. The predicted molar refractivity (Wildman–Crippen MR) is 111 cm³/mol. The normalized spacial score (nSPS) is 20.6. The Morgan fingerprint density at radius 1 is 0.964 bits per heavy atom. The molecule has 7 heteroatoms. The van der Waals surface area contributed by atoms with E-state index in [2.05, 4.69) is 17.1 Å². The third-order valence-electron chi connectivity index (χ3n) is 5.95. The summed E-state index contributed by atoms with van der Waals surface area (Å²) in [5.41, 5.74) is 0.506. The van der Waals surface area contributed by atoms with E-state index in [4.69, 9.17) is 0 Å². The fourth-order valence-corrected chi connectivity index (χ4v) is 5.68. The molecule has 0 aromatic heterocycles. The van der Waals surface area contributed by atoms with E-state index in [1.54, 1.807) is 28.6 Å². The van der Waals surface area contributed by atoms with Gasteiger partial charge in [0.1, 0.15) is 0 Å². The number of amides is 1. The molecule has 2 heterocycles. The number of carbonyl (C=O) groups excluding carboxylic acids is 1. The summed E-state index contributed by atoms with van der Waals surface area (Å²) in [7, 11) is -3.47. The van der Waals surface area contributed by atoms with Crippen LogP contribution in [-0.2, 0) is 10.0 Å². The molecule has 1 N–H and O–H groups in total. The van der Waals surface area contributed by atoms with Gasteiger partial charge < -0.3 is 5.32 Å². The molecule has 0 radical (unpaired) electrons. The van der Waals surface area contributed by atoms with Gasteiger partial charge in [-0.05, 0) is 69.5 Å². The number of hydrogen-bond acceptors (Lipinski definition) is 4. The van der Waals surface area contributed by atoms with Crippen LogP contribution in [0.15, 0.2) is 29.2 Å². The van der Waals surface area contributed by atoms with Gasteiger partial charge in [0, 0.05) is 31.2 Å². The Hall–Kier alpha value is -1.44. The number of hydrogen-bond donors (Lipinski definition) is 1. The van der Waals surface area contributed by atoms with E-state index in [9.17, 15) is 13.2 Å². The second-order valence-electron chi connectivity index (χ2n) is 7.86. The quantitative estimate of drug-likeness (QED) is 0.755. The molecule has 0 aliphatic carbocycles. The number of sulfonamides is 1. The topological polar surface area (TPSA) is 69.7 Å². The molecule has 156 valence electrons. The Balaban J connectivity index is 1.60. The van der Waals surface area contributed by atoms with Crippen molar-refractivity contribution in [1.82, 2.24) is 14.5 Å². The van der Waals surface area contributed by atoms with Crippen molar-refractivity contribution in [3.8, 4) is 0 Å². The minimum atomic E-state index is -3.47. The van der Waals surface area contributed by atoms with Gasteiger partial charge in [-0.1, -0.05) is 19.8 Å². The SMILES string of the molecule is CCC(CNC(=O)c1ccc(S(=O)(=O)N2CCCCCC2)cc1)N1CCCC1. The van der Waals surface area contributed by atoms with E-state index < -0.39 is 10.0 Å². The Kier molecular flexibility index (Phi) is 7.48. The van der Waals surface area contributed by atoms with E-state index in [1.807, 2.05) is 0 Å². The van der Waals surface area contributed by atoms with E-state index in [0.717, 1.165) is 45.2 Å². The molecule has 3 rings (SSSR count). The average Bonchev–Trinajstić information content (AvgIpc) is 3.09. The highest BCUT2D eigenvalue weighted by Gasteiger charge is 2.25. The molecule has 1 aromatic carbocycles. The largest absolute Gasteiger partial charge is 0.350 e. The summed E-state index contributed by atoms with van der Waals surface area (Å²) >= 11 is 0. The maximum atomic E-state index is 12.8. The Labute approximate surface area is 169 Å². The van der Waals surface area contributed by atoms with Gasteiger partial charge in [0.2, 0.25) is 10.0 Å². The van der Waals surface area contributed by atoms with Gasteiger partial charge >= 0.3 is 0 Å². The molecule has 2 aliphatic rings. The molecule has 1 amide bonds. The molecule has 2 aliphatic heterocycles. The summed E-state index contributed by atoms with van der Waals surface area (Å²) in [4.78, 5) is 15.2. The summed E-state index contributed by atoms with van der Waals surface area (Å²) in [6.07, 6.45) is 7.47. The van der Waals surface area contributed by atoms with E-state index in [1.165, 1.54) is 12.8 Å². The van der Waals surface area contributed by atoms with Gasteiger partial charge in [-0.3, -0.25) is 9.69 Å². The van der Waals surface area contributed by atoms with Gasteiger partial charge in [0.25, 0.3) is 5.91 Å². The van der Waals surface area contributed by atoms with E-state index in [-0.39, 0.29) is 10.8 Å². The lowest BCUT2D eigenvalue weighted by atomic mass is 10.1. The van der Waals surface area contributed by atoms with E-state index >= 15 is 0 Å². The van der Waals surface area contributed by atoms with Crippen LogP contribution < -0.4 is 5.32 Å². The number of benzene rings is 1. The summed E-state index contributed by atoms with van der Waals surface area (Å²) in [5, 5.41) is 3.02. The predicted octanol–water partition coefficient (Wildman–Crippen LogP) is 2.86. The number of rotatable bonds is 7. The highest BCUT2D eigenvalue weighted by Crippen LogP contribution is 2.21. The molecule has 0 saturated carbocycles. The van der Waals surface area contributed by atoms with Crippen LogP contribution in [0.3, 0.4) is 0 Å². The minimum absolute atomic E-state index is 0.142. The van der Waals surface area contributed by atoms with Crippen LogP contribution in [0.4, 0.5) is 0 Å². The molecule has 0 spiro atoms. The Bertz CT molecular complexity index is 735. The zero-order chi connectivity index (χ0) is 20.0. The Morgan fingerprint density at radius 2 is 1.54 bits per heavy atom. The fraction of sp³-hybridized carbons (Fsp3) is 0.667. The van der Waals surface area contributed by atoms with Crippen LogP contribution in [0.1, 0.15) is 62.2 Å². The first kappa shape index (κ1) is 21.3. The van der Waals surface area contributed by atoms with Gasteiger partial charge in [0.15, 0.2) is 0 Å². The average molecular weight is 408 g/mol. The van der Waals surface area contributed by atoms with Crippen LogP contribution >= 0.6 is 0 Å². The second-order valence-corrected chi connectivity index (χ2v) is 9.80. The number of likely N-dealkylation sites (tertiary alicyclic amines) is 1. The maximum Gasteiger partial charge on any atom is 0.251 e. The zero-order valence-electron chi connectivity index (χ0n) is 16.9. The summed E-state index contributed by atoms with van der Waals surface area (Å²) in [6, 6.07) is 6.74. The molecule has 1 unspecified atom stereocenters. The molecule has 1 aromatic rings. The van der Waals surface area contributed by atoms with Crippen LogP contribution in [0.2, 0.25) is 0 Å². The first-order chi connectivity index (χ1) is 13.5. The maximum absolute atomic E-state index is 12.8. The molecular weight excluding hydrogens is 374 g/mol. The van der Waals surface area contributed by atoms with E-state index in [0.29, 0.717) is 31.2 Å². The summed E-state index contributed by atoms with van der Waals surface area (Å²) in [6.45, 7) is 6.16. The molecule has 0 bridgehead atoms. The standard InChI is InChI=1S/C21H33N3O3S/c1-2-19(23-13-7-8-14-23)17-22-21(25)18-9-11-20(12-10-18)28(26,27)24-15-5-3-4-6-16-24/h9-12,19H,2-8,13-17H2,1H3,(H,22,25). The minimum Gasteiger partial charge on any atom is -0.350 e. The van der Waals surface area contributed by atoms with Crippen molar-refractivity contribution in [2.24, 2.45) is 0 Å². The molecular formula is C21H33N3O3S. The Morgan fingerprint density at radius 3 is 2.11 bits per heavy atom. The van der Waals surface area contributed by atoms with Gasteiger partial charge in [-0.25, -0.2) is 8.42 Å². The van der Waals surface area contributed by atoms with Crippen LogP contribution in [0.25, 0.3) is 0 Å². The third-order valence-corrected chi connectivity index (χ3v) is 7.86. The number of carbonyl (C=O) groups is 1. The first-order valence-corrected chi connectivity index (χ1v) is 12.1. The van der Waals surface area contributed by atoms with Crippen LogP contribution in [0, 0.1) is 0 Å². The van der Waals surface area contributed by atoms with Crippen molar-refractivity contribution in [3.05, 3.63) is 29.8 Å². The van der Waals surface area contributed by atoms with Gasteiger partial charge in [-0.15, -0.1) is 0 Å². The first-order valence-electron chi connectivity index (χ1n) is 10.6. The lowest BCUT2D eigenvalue weighted by Crippen LogP contribution is -2.42. The lowest BCUT2D eigenvalue weighted by molar-refractivity contribution is 0.0937. The van der Waals surface area contributed by atoms with Crippen molar-refractivity contribution >= 4 is 15.9 Å². The van der Waals surface area contributed by atoms with Gasteiger partial charge in [-0.2, -0.15) is 4.31 Å². The summed E-state index contributed by atoms with van der Waals surface area (Å²) < 4.78 is 27.3. The molecule has 2 fully saturated rings. The van der Waals surface area contributed by atoms with Crippen LogP contribution in [0.5, 0.6) is 0 Å². The molecule has 6 nitrogen and oxygen atoms in total. The second kappa shape index (κ2) is 9.85. The lowest BCUT2D eigenvalue weighted by Gasteiger charge is -2.26. The van der Waals surface area contributed by atoms with Crippen molar-refractivity contribution in [1.29, 1.82) is 0 Å². The summed E-state index contributed by atoms with van der Waals surface area (Å²) in [5.74, 6) is -0.142. The fourth-order valence-electron chi connectivity index (χ4n) is 4.16. The zero-order valence-corrected chi connectivity index (χ0v) is 17.7. The molecule has 1 atom stereocenters. The number of nitrogens with zero attached hydrogens (tertiary/aromatic N) is 2. The molecule has 2 saturated heterocycles. The van der Waals surface area contributed by atoms with Crippen molar-refractivity contribution in [3.63, 3.8) is 0 Å². The third kappa shape index (κ3) is 5.13. The van der Waals surface area contributed by atoms with Gasteiger partial charge in [0.05, 0.1) is 4.90 Å². The smallest absolute Gasteiger partial charge is 0.251 e. The highest BCUT2D eigenvalue weighted by atomic mass is 32.2. The monoisotopic (exact) mass is 407 g/mol. The van der Waals surface area contributed by atoms with Crippen molar-refractivity contribution in [2.45, 2.75) is 62.8 Å². The van der Waals surface area contributed by atoms with Crippen molar-refractivity contribution in [2.75, 3.05) is 32.7 Å². The van der Waals surface area contributed by atoms with Crippen LogP contribution in [-0.4, -0.2) is 62.3 Å². The van der Waals surface area contributed by atoms with Crippen molar-refractivity contribution < 1.29 is 13.2 Å².